The van der Waals surface area contributed by atoms with Gasteiger partial charge in [0.1, 0.15) is 0 Å². The van der Waals surface area contributed by atoms with E-state index in [-0.39, 0.29) is 0 Å². The second-order valence-electron chi connectivity index (χ2n) is 2.84. The average molecular weight is 163 g/mol. The lowest BCUT2D eigenvalue weighted by atomic mass is 10.2. The largest absolute Gasteiger partial charge is 0.0996 e. The van der Waals surface area contributed by atoms with Gasteiger partial charge in [0.25, 0.3) is 0 Å². The summed E-state index contributed by atoms with van der Waals surface area (Å²) in [6.45, 7) is 7.95. The van der Waals surface area contributed by atoms with E-state index >= 15 is 0 Å². The van der Waals surface area contributed by atoms with Gasteiger partial charge in [-0.05, 0) is 5.56 Å². The molecule has 0 spiro atoms. The molecule has 0 aliphatic heterocycles. The number of benzene rings is 1. The van der Waals surface area contributed by atoms with Crippen molar-refractivity contribution in [3.63, 3.8) is 0 Å². The zero-order valence-corrected chi connectivity index (χ0v) is 8.09. The predicted octanol–water partition coefficient (Wildman–Crippen LogP) is 2.73. The zero-order valence-electron chi connectivity index (χ0n) is 8.09. The lowest BCUT2D eigenvalue weighted by molar-refractivity contribution is 1.64. The lowest BCUT2D eigenvalue weighted by Crippen LogP contribution is -2.02. The molecule has 0 aliphatic rings. The monoisotopic (exact) mass is 163 g/mol. The van der Waals surface area contributed by atoms with Crippen molar-refractivity contribution in [2.45, 2.75) is 13.1 Å². The molecule has 1 rings (SSSR count). The summed E-state index contributed by atoms with van der Waals surface area (Å²) in [5, 5.41) is 1.00. The molecule has 0 nitrogen and oxygen atoms in total. The van der Waals surface area contributed by atoms with E-state index in [9.17, 15) is 0 Å². The molecule has 0 amide bonds. The van der Waals surface area contributed by atoms with Crippen LogP contribution in [0.4, 0.5) is 0 Å². The lowest BCUT2D eigenvalue weighted by Gasteiger charge is -2.07. The summed E-state index contributed by atoms with van der Waals surface area (Å²) in [6.07, 6.45) is 0. The van der Waals surface area contributed by atoms with Crippen molar-refractivity contribution in [1.29, 1.82) is 1.23 Å². The first kappa shape index (κ1) is 6.86. The molecule has 0 bridgehead atoms. The van der Waals surface area contributed by atoms with E-state index in [0.717, 1.165) is 10.8 Å². The molecule has 0 unspecified atom stereocenters. The normalized spacial score (nSPS) is 12.4. The van der Waals surface area contributed by atoms with Crippen LogP contribution in [-0.2, 0) is 0 Å². The smallest absolute Gasteiger partial charge is 0.0647 e. The van der Waals surface area contributed by atoms with Crippen LogP contribution in [0.1, 0.15) is 5.56 Å². The predicted molar refractivity (Wildman–Crippen MR) is 54.4 cm³/mol. The van der Waals surface area contributed by atoms with Crippen LogP contribution in [0, 0.1) is 0 Å². The Morgan fingerprint density at radius 3 is 2.36 bits per heavy atom. The molecule has 0 atom stereocenters. The van der Waals surface area contributed by atoms with Crippen molar-refractivity contribution in [3.8, 4) is 0 Å². The Morgan fingerprint density at radius 1 is 1.36 bits per heavy atom. The van der Waals surface area contributed by atoms with E-state index in [4.69, 9.17) is 1.23 Å². The SMILES string of the molecule is [2H][Si](C)(C)C(=C)c1ccccc1. The van der Waals surface area contributed by atoms with Crippen LogP contribution in [0.5, 0.6) is 0 Å². The molecule has 0 saturated heterocycles. The van der Waals surface area contributed by atoms with Gasteiger partial charge < -0.3 is 0 Å². The molecular formula is C10H14Si. The van der Waals surface area contributed by atoms with E-state index in [1.165, 1.54) is 0 Å². The number of hydrogen-bond acceptors (Lipinski definition) is 0. The van der Waals surface area contributed by atoms with Gasteiger partial charge in [-0.3, -0.25) is 0 Å². The fraction of sp³-hybridized carbons (Fsp3) is 0.200. The van der Waals surface area contributed by atoms with Crippen molar-refractivity contribution in [1.82, 2.24) is 0 Å². The Labute approximate surface area is 71.4 Å². The summed E-state index contributed by atoms with van der Waals surface area (Å²) in [7, 11) is -1.95. The summed E-state index contributed by atoms with van der Waals surface area (Å²) in [5.41, 5.74) is 1.11. The van der Waals surface area contributed by atoms with E-state index in [1.807, 2.05) is 43.4 Å². The molecule has 0 heterocycles. The van der Waals surface area contributed by atoms with Crippen LogP contribution in [0.3, 0.4) is 0 Å². The fourth-order valence-electron chi connectivity index (χ4n) is 0.928. The van der Waals surface area contributed by atoms with Gasteiger partial charge in [0, 0.05) is 1.23 Å². The standard InChI is InChI=1S/C10H14Si/c1-9(11(2)3)10-7-5-4-6-8-10/h4-8,11H,1H2,2-3H3/i11D. The Hall–Kier alpha value is -0.823. The molecule has 0 fully saturated rings. The Morgan fingerprint density at radius 2 is 1.91 bits per heavy atom. The maximum atomic E-state index is 7.91. The summed E-state index contributed by atoms with van der Waals surface area (Å²) < 4.78 is 7.91. The first-order chi connectivity index (χ1) is 5.52. The quantitative estimate of drug-likeness (QED) is 0.588. The molecule has 0 aromatic heterocycles. The van der Waals surface area contributed by atoms with Crippen molar-refractivity contribution in [2.75, 3.05) is 0 Å². The van der Waals surface area contributed by atoms with Crippen LogP contribution in [-0.4, -0.2) is 9.96 Å². The van der Waals surface area contributed by atoms with Gasteiger partial charge >= 0.3 is 0 Å². The van der Waals surface area contributed by atoms with Crippen LogP contribution in [0.2, 0.25) is 13.1 Å². The number of rotatable bonds is 2. The summed E-state index contributed by atoms with van der Waals surface area (Å²) in [5.74, 6) is 0. The Bertz CT molecular complexity index is 272. The second-order valence-corrected chi connectivity index (χ2v) is 5.45. The highest BCUT2D eigenvalue weighted by Crippen LogP contribution is 2.13. The van der Waals surface area contributed by atoms with E-state index in [0.29, 0.717) is 0 Å². The minimum atomic E-state index is -1.95. The van der Waals surface area contributed by atoms with Gasteiger partial charge in [-0.2, -0.15) is 0 Å². The Kier molecular flexibility index (Phi) is 2.20. The van der Waals surface area contributed by atoms with E-state index in [2.05, 4.69) is 6.58 Å². The molecule has 1 aromatic carbocycles. The van der Waals surface area contributed by atoms with Crippen LogP contribution in [0.15, 0.2) is 36.9 Å². The van der Waals surface area contributed by atoms with Crippen LogP contribution < -0.4 is 0 Å². The van der Waals surface area contributed by atoms with Crippen molar-refractivity contribution < 1.29 is 0 Å². The second kappa shape index (κ2) is 3.53. The first-order valence-corrected chi connectivity index (χ1v) is 6.26. The molecule has 1 heteroatoms. The minimum absolute atomic E-state index is 1.00. The Balaban J connectivity index is 2.94. The summed E-state index contributed by atoms with van der Waals surface area (Å²) in [4.78, 5) is 0. The molecule has 0 N–H and O–H groups in total. The van der Waals surface area contributed by atoms with Gasteiger partial charge in [-0.25, -0.2) is 0 Å². The summed E-state index contributed by atoms with van der Waals surface area (Å²) >= 11 is 0. The molecular weight excluding hydrogens is 148 g/mol. The molecule has 1 aromatic rings. The third kappa shape index (κ3) is 2.05. The highest BCUT2D eigenvalue weighted by atomic mass is 28.3. The van der Waals surface area contributed by atoms with E-state index < -0.39 is 8.73 Å². The topological polar surface area (TPSA) is 0 Å². The van der Waals surface area contributed by atoms with Crippen molar-refractivity contribution in [2.24, 2.45) is 0 Å². The molecule has 11 heavy (non-hydrogen) atoms. The van der Waals surface area contributed by atoms with Gasteiger partial charge in [-0.1, -0.05) is 55.2 Å². The highest BCUT2D eigenvalue weighted by Gasteiger charge is 2.02. The zero-order chi connectivity index (χ0) is 9.19. The van der Waals surface area contributed by atoms with Crippen LogP contribution in [0.25, 0.3) is 5.20 Å². The third-order valence-corrected chi connectivity index (χ3v) is 3.22. The third-order valence-electron chi connectivity index (χ3n) is 1.73. The molecule has 0 aliphatic carbocycles. The van der Waals surface area contributed by atoms with Crippen molar-refractivity contribution in [3.05, 3.63) is 42.5 Å². The van der Waals surface area contributed by atoms with E-state index in [1.54, 1.807) is 0 Å². The molecule has 0 radical (unpaired) electrons. The highest BCUT2D eigenvalue weighted by molar-refractivity contribution is 6.76. The maximum Gasteiger partial charge on any atom is 0.0647 e. The van der Waals surface area contributed by atoms with Crippen LogP contribution >= 0.6 is 0 Å². The number of hydrogen-bond donors (Lipinski definition) is 0. The maximum absolute atomic E-state index is 7.91. The first-order valence-electron chi connectivity index (χ1n) is 4.26. The van der Waals surface area contributed by atoms with Crippen molar-refractivity contribution >= 4 is 13.9 Å². The summed E-state index contributed by atoms with van der Waals surface area (Å²) in [6, 6.07) is 9.99. The van der Waals surface area contributed by atoms with Gasteiger partial charge in [0.05, 0.1) is 8.73 Å². The minimum Gasteiger partial charge on any atom is -0.0996 e. The van der Waals surface area contributed by atoms with Gasteiger partial charge in [0.15, 0.2) is 0 Å². The fourth-order valence-corrected chi connectivity index (χ4v) is 1.67. The molecule has 0 saturated carbocycles. The molecule has 58 valence electrons. The van der Waals surface area contributed by atoms with Gasteiger partial charge in [0.2, 0.25) is 0 Å². The van der Waals surface area contributed by atoms with Gasteiger partial charge in [-0.15, -0.1) is 0 Å². The average Bonchev–Trinajstić information content (AvgIpc) is 2.03.